The molecule has 0 bridgehead atoms. The number of hydrogen-bond donors (Lipinski definition) is 0. The molecular weight excluding hydrogens is 482 g/mol. The van der Waals surface area contributed by atoms with Gasteiger partial charge in [-0.3, -0.25) is 33.8 Å². The van der Waals surface area contributed by atoms with Crippen LogP contribution in [0.15, 0.2) is 78.9 Å². The van der Waals surface area contributed by atoms with Crippen LogP contribution >= 0.6 is 0 Å². The van der Waals surface area contributed by atoms with Gasteiger partial charge in [0.15, 0.2) is 5.41 Å². The fourth-order valence-electron chi connectivity index (χ4n) is 5.72. The van der Waals surface area contributed by atoms with Gasteiger partial charge in [-0.1, -0.05) is 72.8 Å². The summed E-state index contributed by atoms with van der Waals surface area (Å²) >= 11 is 0. The van der Waals surface area contributed by atoms with Crippen LogP contribution in [0.5, 0.6) is 0 Å². The summed E-state index contributed by atoms with van der Waals surface area (Å²) < 4.78 is 0. The van der Waals surface area contributed by atoms with Crippen LogP contribution in [0.4, 0.5) is 5.69 Å². The van der Waals surface area contributed by atoms with E-state index < -0.39 is 17.2 Å². The van der Waals surface area contributed by atoms with Crippen molar-refractivity contribution in [1.82, 2.24) is 9.80 Å². The van der Waals surface area contributed by atoms with Crippen LogP contribution in [0.2, 0.25) is 0 Å². The largest absolute Gasteiger partial charge is 0.306 e. The number of fused-ring (bicyclic) bond motifs is 2. The van der Waals surface area contributed by atoms with Gasteiger partial charge in [0.05, 0.1) is 26.1 Å². The molecule has 6 rings (SSSR count). The van der Waals surface area contributed by atoms with Gasteiger partial charge < -0.3 is 4.90 Å². The van der Waals surface area contributed by atoms with Crippen molar-refractivity contribution in [2.75, 3.05) is 4.90 Å². The highest BCUT2D eigenvalue weighted by atomic mass is 16.2. The van der Waals surface area contributed by atoms with E-state index in [0.29, 0.717) is 11.3 Å². The minimum Gasteiger partial charge on any atom is -0.306 e. The molecule has 3 aromatic carbocycles. The number of anilines is 1. The number of rotatable bonds is 6. The van der Waals surface area contributed by atoms with E-state index in [1.165, 1.54) is 9.80 Å². The molecule has 3 aromatic rings. The molecule has 3 heterocycles. The molecule has 3 aliphatic rings. The molecule has 0 saturated carbocycles. The van der Waals surface area contributed by atoms with E-state index in [4.69, 9.17) is 0 Å². The number of carbonyl (C=O) groups is 5. The SMILES string of the molecule is O=C1CCC(=O)N1Cc1cccc(CN2C(=O)C3(CC(=O)N(Cc4ccccc4)C3=O)c3ccccc32)c1. The summed E-state index contributed by atoms with van der Waals surface area (Å²) in [5.41, 5.74) is 1.96. The first-order valence-electron chi connectivity index (χ1n) is 12.6. The second-order valence-electron chi connectivity index (χ2n) is 9.95. The number of imide groups is 2. The molecule has 1 spiro atoms. The van der Waals surface area contributed by atoms with Crippen LogP contribution < -0.4 is 4.90 Å². The van der Waals surface area contributed by atoms with Gasteiger partial charge in [0, 0.05) is 24.1 Å². The standard InChI is InChI=1S/C30H25N3O5/c34-25-13-14-26(35)32(25)19-22-10-6-9-21(15-22)18-31-24-12-5-4-11-23(24)30(28(31)37)16-27(36)33(29(30)38)17-20-7-2-1-3-8-20/h1-12,15H,13-14,16-19H2. The highest BCUT2D eigenvalue weighted by Crippen LogP contribution is 2.49. The van der Waals surface area contributed by atoms with Crippen LogP contribution in [-0.2, 0) is 49.0 Å². The van der Waals surface area contributed by atoms with Gasteiger partial charge >= 0.3 is 0 Å². The van der Waals surface area contributed by atoms with Crippen molar-refractivity contribution in [1.29, 1.82) is 0 Å². The first-order chi connectivity index (χ1) is 18.4. The Hall–Kier alpha value is -4.59. The van der Waals surface area contributed by atoms with Crippen LogP contribution in [0, 0.1) is 0 Å². The Bertz CT molecular complexity index is 1480. The maximum atomic E-state index is 14.0. The molecule has 2 saturated heterocycles. The quantitative estimate of drug-likeness (QED) is 0.378. The molecule has 8 nitrogen and oxygen atoms in total. The molecule has 2 fully saturated rings. The van der Waals surface area contributed by atoms with Crippen molar-refractivity contribution in [2.24, 2.45) is 0 Å². The van der Waals surface area contributed by atoms with Gasteiger partial charge in [0.2, 0.25) is 29.5 Å². The Morgan fingerprint density at radius 3 is 1.82 bits per heavy atom. The molecule has 8 heteroatoms. The lowest BCUT2D eigenvalue weighted by atomic mass is 9.80. The van der Waals surface area contributed by atoms with Crippen LogP contribution in [0.3, 0.4) is 0 Å². The number of benzene rings is 3. The van der Waals surface area contributed by atoms with Gasteiger partial charge in [0.1, 0.15) is 0 Å². The molecular formula is C30H25N3O5. The van der Waals surface area contributed by atoms with Crippen LogP contribution in [0.25, 0.3) is 0 Å². The zero-order chi connectivity index (χ0) is 26.4. The van der Waals surface area contributed by atoms with Crippen molar-refractivity contribution >= 4 is 35.2 Å². The minimum absolute atomic E-state index is 0.117. The number of para-hydroxylation sites is 1. The molecule has 0 N–H and O–H groups in total. The van der Waals surface area contributed by atoms with Crippen molar-refractivity contribution in [3.05, 3.63) is 101 Å². The Morgan fingerprint density at radius 2 is 1.11 bits per heavy atom. The van der Waals surface area contributed by atoms with E-state index in [2.05, 4.69) is 0 Å². The summed E-state index contributed by atoms with van der Waals surface area (Å²) in [7, 11) is 0. The van der Waals surface area contributed by atoms with E-state index in [-0.39, 0.29) is 56.6 Å². The highest BCUT2D eigenvalue weighted by molar-refractivity contribution is 6.28. The van der Waals surface area contributed by atoms with E-state index >= 15 is 0 Å². The molecule has 0 radical (unpaired) electrons. The average molecular weight is 508 g/mol. The Balaban J connectivity index is 1.29. The Kier molecular flexibility index (Phi) is 5.67. The number of hydrogen-bond acceptors (Lipinski definition) is 5. The minimum atomic E-state index is -1.57. The summed E-state index contributed by atoms with van der Waals surface area (Å²) in [6.07, 6.45) is 0.256. The van der Waals surface area contributed by atoms with E-state index in [1.54, 1.807) is 23.1 Å². The van der Waals surface area contributed by atoms with Crippen molar-refractivity contribution in [3.63, 3.8) is 0 Å². The first-order valence-corrected chi connectivity index (χ1v) is 12.6. The van der Waals surface area contributed by atoms with Gasteiger partial charge in [-0.05, 0) is 22.8 Å². The molecule has 0 aromatic heterocycles. The number of likely N-dealkylation sites (tertiary alicyclic amines) is 2. The zero-order valence-electron chi connectivity index (χ0n) is 20.6. The monoisotopic (exact) mass is 507 g/mol. The summed E-state index contributed by atoms with van der Waals surface area (Å²) in [5, 5.41) is 0. The van der Waals surface area contributed by atoms with E-state index in [1.807, 2.05) is 60.7 Å². The Morgan fingerprint density at radius 1 is 0.553 bits per heavy atom. The summed E-state index contributed by atoms with van der Waals surface area (Å²) in [6, 6.07) is 23.8. The second-order valence-corrected chi connectivity index (χ2v) is 9.95. The highest BCUT2D eigenvalue weighted by Gasteiger charge is 2.63. The number of nitrogens with zero attached hydrogens (tertiary/aromatic N) is 3. The third-order valence-corrected chi connectivity index (χ3v) is 7.60. The summed E-state index contributed by atoms with van der Waals surface area (Å²) in [4.78, 5) is 69.1. The maximum absolute atomic E-state index is 14.0. The van der Waals surface area contributed by atoms with Gasteiger partial charge in [-0.2, -0.15) is 0 Å². The Labute approximate surface area is 219 Å². The van der Waals surface area contributed by atoms with Crippen molar-refractivity contribution in [3.8, 4) is 0 Å². The fraction of sp³-hybridized carbons (Fsp3) is 0.233. The van der Waals surface area contributed by atoms with E-state index in [0.717, 1.165) is 16.7 Å². The zero-order valence-corrected chi connectivity index (χ0v) is 20.6. The van der Waals surface area contributed by atoms with Crippen molar-refractivity contribution < 1.29 is 24.0 Å². The topological polar surface area (TPSA) is 95.1 Å². The third kappa shape index (κ3) is 3.72. The predicted octanol–water partition coefficient (Wildman–Crippen LogP) is 3.08. The lowest BCUT2D eigenvalue weighted by Crippen LogP contribution is -2.46. The lowest BCUT2D eigenvalue weighted by Gasteiger charge is -2.23. The van der Waals surface area contributed by atoms with Crippen LogP contribution in [0.1, 0.15) is 41.5 Å². The average Bonchev–Trinajstić information content (AvgIpc) is 3.47. The third-order valence-electron chi connectivity index (χ3n) is 7.60. The predicted molar refractivity (Wildman–Crippen MR) is 137 cm³/mol. The summed E-state index contributed by atoms with van der Waals surface area (Å²) in [5.74, 6) is -1.65. The van der Waals surface area contributed by atoms with E-state index in [9.17, 15) is 24.0 Å². The molecule has 0 aliphatic carbocycles. The maximum Gasteiger partial charge on any atom is 0.250 e. The van der Waals surface area contributed by atoms with Gasteiger partial charge in [-0.25, -0.2) is 0 Å². The number of amides is 5. The van der Waals surface area contributed by atoms with Crippen LogP contribution in [-0.4, -0.2) is 39.3 Å². The molecule has 1 atom stereocenters. The lowest BCUT2D eigenvalue weighted by molar-refractivity contribution is -0.143. The molecule has 1 unspecified atom stereocenters. The molecule has 5 amide bonds. The van der Waals surface area contributed by atoms with Crippen molar-refractivity contribution in [2.45, 2.75) is 44.3 Å². The van der Waals surface area contributed by atoms with Gasteiger partial charge in [0.25, 0.3) is 0 Å². The first kappa shape index (κ1) is 23.8. The van der Waals surface area contributed by atoms with Gasteiger partial charge in [-0.15, -0.1) is 0 Å². The smallest absolute Gasteiger partial charge is 0.250 e. The summed E-state index contributed by atoms with van der Waals surface area (Å²) in [6.45, 7) is 0.487. The molecule has 38 heavy (non-hydrogen) atoms. The second kappa shape index (κ2) is 9.06. The molecule has 190 valence electrons. The number of carbonyl (C=O) groups excluding carboxylic acids is 5. The molecule has 3 aliphatic heterocycles. The normalized spacial score (nSPS) is 20.8. The fourth-order valence-corrected chi connectivity index (χ4v) is 5.72.